The minimum atomic E-state index is 0.601. The number of ether oxygens (including phenoxy) is 1. The van der Waals surface area contributed by atoms with Gasteiger partial charge in [-0.2, -0.15) is 0 Å². The Labute approximate surface area is 147 Å². The topological polar surface area (TPSA) is 12.5 Å². The van der Waals surface area contributed by atoms with E-state index in [-0.39, 0.29) is 0 Å². The van der Waals surface area contributed by atoms with Crippen molar-refractivity contribution in [2.75, 3.05) is 13.1 Å². The van der Waals surface area contributed by atoms with E-state index in [1.165, 1.54) is 37.1 Å². The molecular formula is C20H24BrNO. The predicted molar refractivity (Wildman–Crippen MR) is 98.6 cm³/mol. The van der Waals surface area contributed by atoms with E-state index in [0.717, 1.165) is 22.7 Å². The van der Waals surface area contributed by atoms with Crippen LogP contribution in [0.3, 0.4) is 0 Å². The van der Waals surface area contributed by atoms with E-state index in [0.29, 0.717) is 6.61 Å². The third-order valence-corrected chi connectivity index (χ3v) is 5.45. The van der Waals surface area contributed by atoms with Crippen LogP contribution < -0.4 is 4.74 Å². The summed E-state index contributed by atoms with van der Waals surface area (Å²) in [5.41, 5.74) is 2.50. The van der Waals surface area contributed by atoms with Crippen LogP contribution in [-0.2, 0) is 13.2 Å². The summed E-state index contributed by atoms with van der Waals surface area (Å²) in [5.74, 6) is 1.80. The van der Waals surface area contributed by atoms with Crippen LogP contribution in [0.4, 0.5) is 0 Å². The molecule has 0 saturated carbocycles. The molecule has 2 nitrogen and oxygen atoms in total. The number of nitrogens with zero attached hydrogens (tertiary/aromatic N) is 1. The second-order valence-electron chi connectivity index (χ2n) is 6.46. The molecule has 1 aliphatic rings. The molecule has 0 radical (unpaired) electrons. The highest BCUT2D eigenvalue weighted by Gasteiger charge is 2.17. The van der Waals surface area contributed by atoms with Gasteiger partial charge in [-0.3, -0.25) is 4.90 Å². The van der Waals surface area contributed by atoms with Crippen molar-refractivity contribution in [2.24, 2.45) is 5.92 Å². The van der Waals surface area contributed by atoms with Gasteiger partial charge in [0.2, 0.25) is 0 Å². The molecule has 0 amide bonds. The number of hydrogen-bond acceptors (Lipinski definition) is 2. The van der Waals surface area contributed by atoms with Crippen LogP contribution >= 0.6 is 15.9 Å². The van der Waals surface area contributed by atoms with Crippen LogP contribution in [-0.4, -0.2) is 18.0 Å². The molecule has 3 heteroatoms. The van der Waals surface area contributed by atoms with Crippen LogP contribution in [0.25, 0.3) is 0 Å². The highest BCUT2D eigenvalue weighted by molar-refractivity contribution is 9.10. The number of hydrogen-bond donors (Lipinski definition) is 0. The Balaban J connectivity index is 1.63. The lowest BCUT2D eigenvalue weighted by Crippen LogP contribution is -2.32. The Bertz CT molecular complexity index is 621. The van der Waals surface area contributed by atoms with Gasteiger partial charge in [0.25, 0.3) is 0 Å². The Morgan fingerprint density at radius 1 is 1.04 bits per heavy atom. The fourth-order valence-corrected chi connectivity index (χ4v) is 3.49. The maximum absolute atomic E-state index is 6.00. The van der Waals surface area contributed by atoms with Crippen LogP contribution in [0.1, 0.15) is 30.9 Å². The molecule has 3 rings (SSSR count). The van der Waals surface area contributed by atoms with Crippen LogP contribution in [0.2, 0.25) is 0 Å². The monoisotopic (exact) mass is 373 g/mol. The van der Waals surface area contributed by atoms with E-state index in [9.17, 15) is 0 Å². The molecule has 0 aromatic heterocycles. The van der Waals surface area contributed by atoms with Crippen molar-refractivity contribution in [1.82, 2.24) is 4.90 Å². The number of halogens is 1. The largest absolute Gasteiger partial charge is 0.488 e. The maximum atomic E-state index is 6.00. The molecule has 1 aliphatic heterocycles. The second kappa shape index (κ2) is 7.98. The number of piperidine rings is 1. The van der Waals surface area contributed by atoms with E-state index in [4.69, 9.17) is 4.74 Å². The van der Waals surface area contributed by atoms with Gasteiger partial charge in [-0.15, -0.1) is 0 Å². The molecule has 2 aromatic carbocycles. The summed E-state index contributed by atoms with van der Waals surface area (Å²) < 4.78 is 7.10. The summed E-state index contributed by atoms with van der Waals surface area (Å²) in [6.45, 7) is 6.34. The SMILES string of the molecule is CC1CCN(Cc2cccc(OCc3ccccc3)c2Br)CC1. The minimum absolute atomic E-state index is 0.601. The standard InChI is InChI=1S/C20H24BrNO/c1-16-10-12-22(13-11-16)14-18-8-5-9-19(20(18)21)23-15-17-6-3-2-4-7-17/h2-9,16H,10-15H2,1H3. The first kappa shape index (κ1) is 16.5. The molecule has 0 spiro atoms. The van der Waals surface area contributed by atoms with Crippen LogP contribution in [0, 0.1) is 5.92 Å². The van der Waals surface area contributed by atoms with E-state index in [2.05, 4.69) is 52.0 Å². The highest BCUT2D eigenvalue weighted by atomic mass is 79.9. The number of likely N-dealkylation sites (tertiary alicyclic amines) is 1. The fourth-order valence-electron chi connectivity index (χ4n) is 2.99. The molecule has 1 heterocycles. The van der Waals surface area contributed by atoms with Gasteiger partial charge in [0.15, 0.2) is 0 Å². The summed E-state index contributed by atoms with van der Waals surface area (Å²) in [6, 6.07) is 16.6. The first-order valence-corrected chi connectivity index (χ1v) is 9.18. The average Bonchev–Trinajstić information content (AvgIpc) is 2.58. The zero-order chi connectivity index (χ0) is 16.1. The van der Waals surface area contributed by atoms with Crippen molar-refractivity contribution < 1.29 is 4.74 Å². The van der Waals surface area contributed by atoms with E-state index in [1.807, 2.05) is 24.3 Å². The predicted octanol–water partition coefficient (Wildman–Crippen LogP) is 5.26. The van der Waals surface area contributed by atoms with E-state index in [1.54, 1.807) is 0 Å². The summed E-state index contributed by atoms with van der Waals surface area (Å²) in [6.07, 6.45) is 2.61. The molecule has 1 saturated heterocycles. The van der Waals surface area contributed by atoms with Crippen molar-refractivity contribution in [2.45, 2.75) is 32.9 Å². The molecule has 23 heavy (non-hydrogen) atoms. The van der Waals surface area contributed by atoms with Gasteiger partial charge in [-0.1, -0.05) is 49.4 Å². The summed E-state index contributed by atoms with van der Waals surface area (Å²) in [4.78, 5) is 2.54. The van der Waals surface area contributed by atoms with Crippen molar-refractivity contribution in [3.63, 3.8) is 0 Å². The van der Waals surface area contributed by atoms with E-state index >= 15 is 0 Å². The molecule has 122 valence electrons. The van der Waals surface area contributed by atoms with Gasteiger partial charge >= 0.3 is 0 Å². The molecule has 0 atom stereocenters. The first-order valence-electron chi connectivity index (χ1n) is 8.39. The van der Waals surface area contributed by atoms with Gasteiger partial charge < -0.3 is 4.74 Å². The zero-order valence-corrected chi connectivity index (χ0v) is 15.3. The first-order chi connectivity index (χ1) is 11.2. The summed E-state index contributed by atoms with van der Waals surface area (Å²) >= 11 is 3.74. The highest BCUT2D eigenvalue weighted by Crippen LogP contribution is 2.31. The van der Waals surface area contributed by atoms with Gasteiger partial charge in [0.1, 0.15) is 12.4 Å². The lowest BCUT2D eigenvalue weighted by molar-refractivity contribution is 0.184. The summed E-state index contributed by atoms with van der Waals surface area (Å²) in [7, 11) is 0. The van der Waals surface area contributed by atoms with Gasteiger partial charge in [-0.05, 0) is 65.0 Å². The minimum Gasteiger partial charge on any atom is -0.488 e. The quantitative estimate of drug-likeness (QED) is 0.708. The average molecular weight is 374 g/mol. The molecule has 0 bridgehead atoms. The normalized spacial score (nSPS) is 16.4. The Morgan fingerprint density at radius 2 is 1.78 bits per heavy atom. The molecule has 2 aromatic rings. The lowest BCUT2D eigenvalue weighted by Gasteiger charge is -2.30. The zero-order valence-electron chi connectivity index (χ0n) is 13.7. The Hall–Kier alpha value is -1.32. The van der Waals surface area contributed by atoms with Crippen molar-refractivity contribution in [3.8, 4) is 5.75 Å². The molecule has 0 unspecified atom stereocenters. The Morgan fingerprint density at radius 3 is 2.52 bits per heavy atom. The second-order valence-corrected chi connectivity index (χ2v) is 7.26. The van der Waals surface area contributed by atoms with Crippen LogP contribution in [0.5, 0.6) is 5.75 Å². The smallest absolute Gasteiger partial charge is 0.134 e. The molecule has 0 aliphatic carbocycles. The third-order valence-electron chi connectivity index (χ3n) is 4.55. The van der Waals surface area contributed by atoms with E-state index < -0.39 is 0 Å². The molecular weight excluding hydrogens is 350 g/mol. The number of benzene rings is 2. The van der Waals surface area contributed by atoms with Gasteiger partial charge in [-0.25, -0.2) is 0 Å². The fraction of sp³-hybridized carbons (Fsp3) is 0.400. The number of rotatable bonds is 5. The van der Waals surface area contributed by atoms with Crippen molar-refractivity contribution in [1.29, 1.82) is 0 Å². The van der Waals surface area contributed by atoms with Gasteiger partial charge in [0, 0.05) is 6.54 Å². The third kappa shape index (κ3) is 4.58. The molecule has 1 fully saturated rings. The Kier molecular flexibility index (Phi) is 5.74. The molecule has 0 N–H and O–H groups in total. The van der Waals surface area contributed by atoms with Gasteiger partial charge in [0.05, 0.1) is 4.47 Å². The van der Waals surface area contributed by atoms with Crippen molar-refractivity contribution >= 4 is 15.9 Å². The van der Waals surface area contributed by atoms with Crippen LogP contribution in [0.15, 0.2) is 53.0 Å². The maximum Gasteiger partial charge on any atom is 0.134 e. The lowest BCUT2D eigenvalue weighted by atomic mass is 9.99. The van der Waals surface area contributed by atoms with Crippen molar-refractivity contribution in [3.05, 3.63) is 64.1 Å². The summed E-state index contributed by atoms with van der Waals surface area (Å²) in [5, 5.41) is 0.